The van der Waals surface area contributed by atoms with Crippen LogP contribution in [0.25, 0.3) is 0 Å². The lowest BCUT2D eigenvalue weighted by Crippen LogP contribution is -2.16. The number of nitrogens with two attached hydrogens (primary N) is 1. The fraction of sp³-hybridized carbons (Fsp3) is 0.286. The summed E-state index contributed by atoms with van der Waals surface area (Å²) >= 11 is 1.39. The highest BCUT2D eigenvalue weighted by Crippen LogP contribution is 2.25. The molecule has 0 fully saturated rings. The van der Waals surface area contributed by atoms with E-state index in [-0.39, 0.29) is 12.4 Å². The normalized spacial score (nSPS) is 10.9. The molecule has 0 radical (unpaired) electrons. The molecule has 21 heavy (non-hydrogen) atoms. The maximum atomic E-state index is 13.9. The Bertz CT molecular complexity index is 671. The molecule has 0 spiro atoms. The first-order chi connectivity index (χ1) is 9.90. The molecule has 2 N–H and O–H groups in total. The van der Waals surface area contributed by atoms with Crippen molar-refractivity contribution in [1.82, 2.24) is 4.98 Å². The van der Waals surface area contributed by atoms with Gasteiger partial charge in [-0.25, -0.2) is 13.8 Å². The first-order valence-electron chi connectivity index (χ1n) is 6.25. The summed E-state index contributed by atoms with van der Waals surface area (Å²) in [6.07, 6.45) is 0. The number of nitrogens with zero attached hydrogens (tertiary/aromatic N) is 1. The predicted molar refractivity (Wildman–Crippen MR) is 75.4 cm³/mol. The van der Waals surface area contributed by atoms with Gasteiger partial charge in [0.25, 0.3) is 5.91 Å². The second-order valence-corrected chi connectivity index (χ2v) is 5.65. The molecule has 0 aliphatic rings. The molecule has 1 aromatic carbocycles. The van der Waals surface area contributed by atoms with Crippen molar-refractivity contribution in [2.45, 2.75) is 26.4 Å². The molecule has 112 valence electrons. The van der Waals surface area contributed by atoms with Gasteiger partial charge in [-0.1, -0.05) is 13.8 Å². The number of primary amides is 1. The molecule has 2 rings (SSSR count). The third-order valence-corrected chi connectivity index (χ3v) is 3.65. The molecule has 0 atom stereocenters. The van der Waals surface area contributed by atoms with Crippen LogP contribution < -0.4 is 10.5 Å². The van der Waals surface area contributed by atoms with E-state index in [1.165, 1.54) is 11.3 Å². The minimum Gasteiger partial charge on any atom is -0.483 e. The van der Waals surface area contributed by atoms with Gasteiger partial charge in [-0.15, -0.1) is 11.3 Å². The van der Waals surface area contributed by atoms with E-state index in [1.54, 1.807) is 0 Å². The van der Waals surface area contributed by atoms with Crippen molar-refractivity contribution in [2.24, 2.45) is 5.73 Å². The first kappa shape index (κ1) is 15.4. The number of aromatic nitrogens is 1. The predicted octanol–water partition coefficient (Wildman–Crippen LogP) is 3.22. The highest BCUT2D eigenvalue weighted by molar-refractivity contribution is 7.09. The zero-order chi connectivity index (χ0) is 15.6. The van der Waals surface area contributed by atoms with Gasteiger partial charge in [-0.05, 0) is 18.1 Å². The van der Waals surface area contributed by atoms with Gasteiger partial charge in [-0.3, -0.25) is 4.79 Å². The van der Waals surface area contributed by atoms with Gasteiger partial charge in [-0.2, -0.15) is 0 Å². The van der Waals surface area contributed by atoms with Gasteiger partial charge < -0.3 is 10.5 Å². The first-order valence-corrected chi connectivity index (χ1v) is 7.13. The quantitative estimate of drug-likeness (QED) is 0.922. The fourth-order valence-electron chi connectivity index (χ4n) is 1.67. The molecule has 7 heteroatoms. The monoisotopic (exact) mass is 312 g/mol. The molecule has 1 heterocycles. The van der Waals surface area contributed by atoms with Crippen molar-refractivity contribution in [3.63, 3.8) is 0 Å². The summed E-state index contributed by atoms with van der Waals surface area (Å²) in [5.41, 5.74) is 5.07. The van der Waals surface area contributed by atoms with Gasteiger partial charge in [0.15, 0.2) is 11.6 Å². The SMILES string of the molecule is CC(C)c1csc(COc2ccc(F)c(C(N)=O)c2F)n1. The molecule has 4 nitrogen and oxygen atoms in total. The zero-order valence-electron chi connectivity index (χ0n) is 11.5. The van der Waals surface area contributed by atoms with Gasteiger partial charge >= 0.3 is 0 Å². The van der Waals surface area contributed by atoms with Crippen molar-refractivity contribution in [3.05, 3.63) is 45.4 Å². The van der Waals surface area contributed by atoms with Gasteiger partial charge in [0.1, 0.15) is 23.0 Å². The molecule has 0 unspecified atom stereocenters. The van der Waals surface area contributed by atoms with Crippen LogP contribution in [-0.4, -0.2) is 10.9 Å². The summed E-state index contributed by atoms with van der Waals surface area (Å²) in [5.74, 6) is -3.22. The standard InChI is InChI=1S/C14H14F2N2O2S/c1-7(2)9-6-21-11(18-9)5-20-10-4-3-8(15)12(13(10)16)14(17)19/h3-4,6-7H,5H2,1-2H3,(H2,17,19). The number of amides is 1. The third kappa shape index (κ3) is 3.36. The summed E-state index contributed by atoms with van der Waals surface area (Å²) in [6.45, 7) is 4.06. The Morgan fingerprint density at radius 3 is 2.71 bits per heavy atom. The Balaban J connectivity index is 2.16. The van der Waals surface area contributed by atoms with Crippen LogP contribution >= 0.6 is 11.3 Å². The van der Waals surface area contributed by atoms with Crippen LogP contribution in [0, 0.1) is 11.6 Å². The van der Waals surface area contributed by atoms with Crippen molar-refractivity contribution < 1.29 is 18.3 Å². The van der Waals surface area contributed by atoms with E-state index in [9.17, 15) is 13.6 Å². The van der Waals surface area contributed by atoms with E-state index in [0.29, 0.717) is 10.9 Å². The number of hydrogen-bond donors (Lipinski definition) is 1. The van der Waals surface area contributed by atoms with E-state index in [2.05, 4.69) is 4.98 Å². The third-order valence-electron chi connectivity index (χ3n) is 2.81. The summed E-state index contributed by atoms with van der Waals surface area (Å²) in [4.78, 5) is 15.4. The second-order valence-electron chi connectivity index (χ2n) is 4.71. The Kier molecular flexibility index (Phi) is 4.52. The lowest BCUT2D eigenvalue weighted by molar-refractivity contribution is 0.0991. The molecule has 0 aliphatic heterocycles. The smallest absolute Gasteiger partial charge is 0.254 e. The number of benzene rings is 1. The number of thiazole rings is 1. The number of hydrogen-bond acceptors (Lipinski definition) is 4. The van der Waals surface area contributed by atoms with Crippen LogP contribution in [0.5, 0.6) is 5.75 Å². The highest BCUT2D eigenvalue weighted by Gasteiger charge is 2.19. The molecule has 0 saturated carbocycles. The number of ether oxygens (including phenoxy) is 1. The lowest BCUT2D eigenvalue weighted by Gasteiger charge is -2.08. The van der Waals surface area contributed by atoms with Crippen LogP contribution in [0.2, 0.25) is 0 Å². The van der Waals surface area contributed by atoms with Crippen LogP contribution in [0.1, 0.15) is 40.8 Å². The molecule has 2 aromatic rings. The Morgan fingerprint density at radius 1 is 1.43 bits per heavy atom. The van der Waals surface area contributed by atoms with Crippen molar-refractivity contribution >= 4 is 17.2 Å². The van der Waals surface area contributed by atoms with Crippen molar-refractivity contribution in [3.8, 4) is 5.75 Å². The van der Waals surface area contributed by atoms with E-state index in [0.717, 1.165) is 17.8 Å². The topological polar surface area (TPSA) is 65.2 Å². The summed E-state index contributed by atoms with van der Waals surface area (Å²) in [7, 11) is 0. The Hall–Kier alpha value is -2.02. The van der Waals surface area contributed by atoms with Crippen molar-refractivity contribution in [2.75, 3.05) is 0 Å². The molecule has 1 aromatic heterocycles. The minimum absolute atomic E-state index is 0.0398. The maximum absolute atomic E-state index is 13.9. The maximum Gasteiger partial charge on any atom is 0.254 e. The zero-order valence-corrected chi connectivity index (χ0v) is 12.3. The van der Waals surface area contributed by atoms with Crippen molar-refractivity contribution in [1.29, 1.82) is 0 Å². The summed E-state index contributed by atoms with van der Waals surface area (Å²) in [6, 6.07) is 2.06. The fourth-order valence-corrected chi connectivity index (χ4v) is 2.53. The van der Waals surface area contributed by atoms with Gasteiger partial charge in [0.2, 0.25) is 0 Å². The highest BCUT2D eigenvalue weighted by atomic mass is 32.1. The average Bonchev–Trinajstić information content (AvgIpc) is 2.86. The largest absolute Gasteiger partial charge is 0.483 e. The number of halogens is 2. The van der Waals surface area contributed by atoms with Crippen LogP contribution in [-0.2, 0) is 6.61 Å². The summed E-state index contributed by atoms with van der Waals surface area (Å²) in [5, 5.41) is 2.57. The lowest BCUT2D eigenvalue weighted by atomic mass is 10.1. The number of carbonyl (C=O) groups is 1. The molecule has 1 amide bonds. The van der Waals surface area contributed by atoms with Crippen LogP contribution in [0.4, 0.5) is 8.78 Å². The molecular weight excluding hydrogens is 298 g/mol. The Labute approximate surface area is 124 Å². The summed E-state index contributed by atoms with van der Waals surface area (Å²) < 4.78 is 32.5. The van der Waals surface area contributed by atoms with Crippen LogP contribution in [0.15, 0.2) is 17.5 Å². The van der Waals surface area contributed by atoms with E-state index >= 15 is 0 Å². The number of rotatable bonds is 5. The van der Waals surface area contributed by atoms with E-state index < -0.39 is 23.1 Å². The van der Waals surface area contributed by atoms with Gasteiger partial charge in [0, 0.05) is 5.38 Å². The van der Waals surface area contributed by atoms with Crippen LogP contribution in [0.3, 0.4) is 0 Å². The Morgan fingerprint density at radius 2 is 2.14 bits per heavy atom. The number of carbonyl (C=O) groups excluding carboxylic acids is 1. The van der Waals surface area contributed by atoms with E-state index in [1.807, 2.05) is 19.2 Å². The molecule has 0 saturated heterocycles. The minimum atomic E-state index is -1.17. The molecule has 0 bridgehead atoms. The second kappa shape index (κ2) is 6.17. The van der Waals surface area contributed by atoms with Gasteiger partial charge in [0.05, 0.1) is 5.69 Å². The van der Waals surface area contributed by atoms with E-state index in [4.69, 9.17) is 10.5 Å². The molecular formula is C14H14F2N2O2S. The molecule has 0 aliphatic carbocycles. The average molecular weight is 312 g/mol.